The van der Waals surface area contributed by atoms with Gasteiger partial charge in [-0.1, -0.05) is 20.3 Å². The van der Waals surface area contributed by atoms with Crippen molar-refractivity contribution in [2.75, 3.05) is 0 Å². The molecule has 6 heteroatoms. The Morgan fingerprint density at radius 3 is 2.67 bits per heavy atom. The highest BCUT2D eigenvalue weighted by Crippen LogP contribution is 2.08. The molecule has 100 valence electrons. The van der Waals surface area contributed by atoms with Crippen LogP contribution in [-0.4, -0.2) is 32.8 Å². The Hall–Kier alpha value is -1.85. The summed E-state index contributed by atoms with van der Waals surface area (Å²) in [5.74, 6) is -1.40. The molecule has 0 aliphatic carbocycles. The standard InChI is InChI=1S/C12H19N3O3/c1-4-8(2)11(12(17)18)14-10(16)7-9-5-6-13-15(9)3/h5-6,8,11H,4,7H2,1-3H3,(H,14,16)(H,17,18)/t8-,11-/m0/s1. The minimum Gasteiger partial charge on any atom is -0.480 e. The summed E-state index contributed by atoms with van der Waals surface area (Å²) in [6.07, 6.45) is 2.44. The van der Waals surface area contributed by atoms with Gasteiger partial charge in [-0.05, 0) is 12.0 Å². The topological polar surface area (TPSA) is 84.2 Å². The molecule has 1 rings (SSSR count). The smallest absolute Gasteiger partial charge is 0.326 e. The molecule has 1 heterocycles. The van der Waals surface area contributed by atoms with Crippen LogP contribution in [0.15, 0.2) is 12.3 Å². The number of nitrogens with zero attached hydrogens (tertiary/aromatic N) is 2. The van der Waals surface area contributed by atoms with Crippen LogP contribution in [0.5, 0.6) is 0 Å². The molecule has 0 aliphatic rings. The number of rotatable bonds is 6. The van der Waals surface area contributed by atoms with E-state index in [1.165, 1.54) is 0 Å². The van der Waals surface area contributed by atoms with Crippen LogP contribution in [0.3, 0.4) is 0 Å². The lowest BCUT2D eigenvalue weighted by molar-refractivity contribution is -0.143. The zero-order chi connectivity index (χ0) is 13.7. The summed E-state index contributed by atoms with van der Waals surface area (Å²) in [5.41, 5.74) is 0.751. The zero-order valence-electron chi connectivity index (χ0n) is 10.9. The van der Waals surface area contributed by atoms with Crippen molar-refractivity contribution in [3.63, 3.8) is 0 Å². The lowest BCUT2D eigenvalue weighted by Gasteiger charge is -2.20. The third-order valence-corrected chi connectivity index (χ3v) is 3.06. The second-order valence-corrected chi connectivity index (χ2v) is 4.39. The van der Waals surface area contributed by atoms with Crippen LogP contribution in [0.2, 0.25) is 0 Å². The quantitative estimate of drug-likeness (QED) is 0.776. The molecule has 0 aromatic carbocycles. The van der Waals surface area contributed by atoms with Crippen molar-refractivity contribution in [1.29, 1.82) is 0 Å². The summed E-state index contributed by atoms with van der Waals surface area (Å²) in [7, 11) is 1.74. The number of carbonyl (C=O) groups excluding carboxylic acids is 1. The monoisotopic (exact) mass is 253 g/mol. The van der Waals surface area contributed by atoms with Crippen molar-refractivity contribution in [2.45, 2.75) is 32.7 Å². The van der Waals surface area contributed by atoms with Crippen LogP contribution in [0.4, 0.5) is 0 Å². The van der Waals surface area contributed by atoms with Gasteiger partial charge in [0.05, 0.1) is 6.42 Å². The van der Waals surface area contributed by atoms with Crippen LogP contribution in [0.1, 0.15) is 26.0 Å². The molecule has 1 amide bonds. The maximum Gasteiger partial charge on any atom is 0.326 e. The first-order valence-electron chi connectivity index (χ1n) is 5.94. The van der Waals surface area contributed by atoms with Crippen LogP contribution in [0.25, 0.3) is 0 Å². The molecule has 0 saturated heterocycles. The van der Waals surface area contributed by atoms with Gasteiger partial charge < -0.3 is 10.4 Å². The van der Waals surface area contributed by atoms with E-state index < -0.39 is 12.0 Å². The van der Waals surface area contributed by atoms with Crippen molar-refractivity contribution in [2.24, 2.45) is 13.0 Å². The molecule has 6 nitrogen and oxygen atoms in total. The average molecular weight is 253 g/mol. The Labute approximate surface area is 106 Å². The highest BCUT2D eigenvalue weighted by molar-refractivity contribution is 5.84. The zero-order valence-corrected chi connectivity index (χ0v) is 10.9. The molecule has 2 N–H and O–H groups in total. The van der Waals surface area contributed by atoms with Gasteiger partial charge in [-0.25, -0.2) is 4.79 Å². The number of aliphatic carboxylic acids is 1. The van der Waals surface area contributed by atoms with E-state index in [-0.39, 0.29) is 18.2 Å². The number of aryl methyl sites for hydroxylation is 1. The van der Waals surface area contributed by atoms with E-state index in [1.807, 2.05) is 13.8 Å². The maximum atomic E-state index is 11.8. The summed E-state index contributed by atoms with van der Waals surface area (Å²) in [6, 6.07) is 0.897. The maximum absolute atomic E-state index is 11.8. The fourth-order valence-corrected chi connectivity index (χ4v) is 1.65. The number of carbonyl (C=O) groups is 2. The van der Waals surface area contributed by atoms with E-state index in [9.17, 15) is 9.59 Å². The molecular formula is C12H19N3O3. The van der Waals surface area contributed by atoms with Crippen molar-refractivity contribution in [3.05, 3.63) is 18.0 Å². The molecule has 0 saturated carbocycles. The van der Waals surface area contributed by atoms with E-state index >= 15 is 0 Å². The number of amides is 1. The Morgan fingerprint density at radius 1 is 1.56 bits per heavy atom. The summed E-state index contributed by atoms with van der Waals surface area (Å²) in [6.45, 7) is 3.71. The van der Waals surface area contributed by atoms with Crippen LogP contribution in [0, 0.1) is 5.92 Å². The molecule has 1 aromatic heterocycles. The molecule has 0 unspecified atom stereocenters. The Kier molecular flexibility index (Phi) is 4.88. The van der Waals surface area contributed by atoms with E-state index in [1.54, 1.807) is 24.0 Å². The van der Waals surface area contributed by atoms with Crippen LogP contribution in [-0.2, 0) is 23.1 Å². The van der Waals surface area contributed by atoms with Crippen molar-refractivity contribution in [3.8, 4) is 0 Å². The van der Waals surface area contributed by atoms with E-state index in [4.69, 9.17) is 5.11 Å². The summed E-state index contributed by atoms with van der Waals surface area (Å²) in [5, 5.41) is 15.6. The lowest BCUT2D eigenvalue weighted by Crippen LogP contribution is -2.45. The van der Waals surface area contributed by atoms with Crippen LogP contribution < -0.4 is 5.32 Å². The van der Waals surface area contributed by atoms with Gasteiger partial charge in [0.15, 0.2) is 0 Å². The Morgan fingerprint density at radius 2 is 2.22 bits per heavy atom. The highest BCUT2D eigenvalue weighted by atomic mass is 16.4. The molecule has 18 heavy (non-hydrogen) atoms. The van der Waals surface area contributed by atoms with Gasteiger partial charge >= 0.3 is 5.97 Å². The fourth-order valence-electron chi connectivity index (χ4n) is 1.65. The Bertz CT molecular complexity index is 428. The van der Waals surface area contributed by atoms with Gasteiger partial charge in [0.2, 0.25) is 5.91 Å². The van der Waals surface area contributed by atoms with E-state index in [0.29, 0.717) is 6.42 Å². The van der Waals surface area contributed by atoms with E-state index in [0.717, 1.165) is 5.69 Å². The summed E-state index contributed by atoms with van der Waals surface area (Å²) < 4.78 is 1.60. The number of hydrogen-bond donors (Lipinski definition) is 2. The first-order chi connectivity index (χ1) is 8.45. The molecular weight excluding hydrogens is 234 g/mol. The number of hydrogen-bond acceptors (Lipinski definition) is 3. The highest BCUT2D eigenvalue weighted by Gasteiger charge is 2.25. The minimum atomic E-state index is -0.997. The third kappa shape index (κ3) is 3.58. The molecule has 0 spiro atoms. The first kappa shape index (κ1) is 14.2. The van der Waals surface area contributed by atoms with Crippen LogP contribution >= 0.6 is 0 Å². The van der Waals surface area contributed by atoms with Crippen molar-refractivity contribution >= 4 is 11.9 Å². The van der Waals surface area contributed by atoms with Gasteiger partial charge in [-0.2, -0.15) is 5.10 Å². The molecule has 0 fully saturated rings. The molecule has 0 radical (unpaired) electrons. The second kappa shape index (κ2) is 6.18. The van der Waals surface area contributed by atoms with Gasteiger partial charge in [-0.15, -0.1) is 0 Å². The van der Waals surface area contributed by atoms with Gasteiger partial charge in [-0.3, -0.25) is 9.48 Å². The predicted molar refractivity (Wildman–Crippen MR) is 65.9 cm³/mol. The number of nitrogens with one attached hydrogen (secondary N) is 1. The van der Waals surface area contributed by atoms with Gasteiger partial charge in [0.1, 0.15) is 6.04 Å². The normalized spacial score (nSPS) is 13.9. The van der Waals surface area contributed by atoms with Crippen molar-refractivity contribution in [1.82, 2.24) is 15.1 Å². The largest absolute Gasteiger partial charge is 0.480 e. The van der Waals surface area contributed by atoms with Gasteiger partial charge in [0, 0.05) is 18.9 Å². The molecule has 0 bridgehead atoms. The summed E-state index contributed by atoms with van der Waals surface area (Å²) in [4.78, 5) is 22.9. The SMILES string of the molecule is CC[C@H](C)[C@H](NC(=O)Cc1ccnn1C)C(=O)O. The molecule has 2 atom stereocenters. The average Bonchev–Trinajstić information content (AvgIpc) is 2.70. The fraction of sp³-hybridized carbons (Fsp3) is 0.583. The summed E-state index contributed by atoms with van der Waals surface area (Å²) >= 11 is 0. The number of carboxylic acids is 1. The number of carboxylic acid groups (broad SMARTS) is 1. The molecule has 1 aromatic rings. The van der Waals surface area contributed by atoms with E-state index in [2.05, 4.69) is 10.4 Å². The lowest BCUT2D eigenvalue weighted by atomic mass is 9.99. The minimum absolute atomic E-state index is 0.0991. The van der Waals surface area contributed by atoms with Crippen molar-refractivity contribution < 1.29 is 14.7 Å². The van der Waals surface area contributed by atoms with Gasteiger partial charge in [0.25, 0.3) is 0 Å². The third-order valence-electron chi connectivity index (χ3n) is 3.06. The Balaban J connectivity index is 2.62. The second-order valence-electron chi connectivity index (χ2n) is 4.39. The predicted octanol–water partition coefficient (Wildman–Crippen LogP) is 0.578. The molecule has 0 aliphatic heterocycles. The number of aromatic nitrogens is 2. The first-order valence-corrected chi connectivity index (χ1v) is 5.94.